The zero-order valence-corrected chi connectivity index (χ0v) is 20.0. The van der Waals surface area contributed by atoms with Crippen molar-refractivity contribution in [3.63, 3.8) is 0 Å². The van der Waals surface area contributed by atoms with Crippen LogP contribution in [-0.4, -0.2) is 62.4 Å². The minimum atomic E-state index is -3.95. The van der Waals surface area contributed by atoms with Crippen LogP contribution in [0.4, 0.5) is 0 Å². The zero-order chi connectivity index (χ0) is 23.9. The molecule has 0 aromatic heterocycles. The normalized spacial score (nSPS) is 13.3. The number of sulfone groups is 1. The molecule has 0 bridgehead atoms. The van der Waals surface area contributed by atoms with Crippen LogP contribution in [0, 0.1) is 0 Å². The number of hydrogen-bond acceptors (Lipinski definition) is 7. The highest BCUT2D eigenvalue weighted by Crippen LogP contribution is 2.37. The van der Waals surface area contributed by atoms with Gasteiger partial charge in [-0.1, -0.05) is 23.2 Å². The standard InChI is InChI=1S/C20H22Cl3NO7S/c1-12(25)24-9-14(27)11-30-15-2-4-16(5-3-15)32(28,29)17-6-18(22)20(19(23)7-17)31-10-13(26)8-21/h2-7,13-14,26-27H,8-11H2,1H3,(H,24,25)/t13-,14-/m1/s1. The third-order valence-corrected chi connectivity index (χ3v) is 6.71. The van der Waals surface area contributed by atoms with Gasteiger partial charge in [-0.05, 0) is 36.4 Å². The van der Waals surface area contributed by atoms with E-state index in [1.54, 1.807) is 0 Å². The molecule has 0 heterocycles. The molecule has 1 amide bonds. The van der Waals surface area contributed by atoms with E-state index in [1.807, 2.05) is 0 Å². The summed E-state index contributed by atoms with van der Waals surface area (Å²) in [6, 6.07) is 7.96. The summed E-state index contributed by atoms with van der Waals surface area (Å²) >= 11 is 17.8. The van der Waals surface area contributed by atoms with Gasteiger partial charge in [0.05, 0.1) is 25.7 Å². The van der Waals surface area contributed by atoms with E-state index in [4.69, 9.17) is 44.3 Å². The first-order chi connectivity index (χ1) is 15.0. The molecular formula is C20H22Cl3NO7S. The maximum Gasteiger partial charge on any atom is 0.216 e. The van der Waals surface area contributed by atoms with Crippen molar-refractivity contribution in [1.29, 1.82) is 0 Å². The molecule has 8 nitrogen and oxygen atoms in total. The van der Waals surface area contributed by atoms with Gasteiger partial charge in [0.15, 0.2) is 5.75 Å². The Morgan fingerprint density at radius 2 is 1.56 bits per heavy atom. The van der Waals surface area contributed by atoms with E-state index in [0.717, 1.165) is 0 Å². The van der Waals surface area contributed by atoms with Gasteiger partial charge >= 0.3 is 0 Å². The maximum atomic E-state index is 13.0. The molecule has 2 rings (SSSR count). The lowest BCUT2D eigenvalue weighted by molar-refractivity contribution is -0.119. The van der Waals surface area contributed by atoms with Crippen LogP contribution >= 0.6 is 34.8 Å². The number of alkyl halides is 1. The van der Waals surface area contributed by atoms with Crippen molar-refractivity contribution in [2.45, 2.75) is 28.9 Å². The molecule has 2 aromatic carbocycles. The van der Waals surface area contributed by atoms with Gasteiger partial charge in [-0.3, -0.25) is 4.79 Å². The molecule has 2 aromatic rings. The van der Waals surface area contributed by atoms with Crippen LogP contribution in [0.1, 0.15) is 6.92 Å². The SMILES string of the molecule is CC(=O)NC[C@@H](O)COc1ccc(S(=O)(=O)c2cc(Cl)c(OC[C@H](O)CCl)c(Cl)c2)cc1. The highest BCUT2D eigenvalue weighted by molar-refractivity contribution is 7.91. The minimum absolute atomic E-state index is 0.0259. The number of nitrogens with one attached hydrogen (secondary N) is 1. The van der Waals surface area contributed by atoms with Crippen LogP contribution in [-0.2, 0) is 14.6 Å². The molecule has 176 valence electrons. The van der Waals surface area contributed by atoms with Crippen LogP contribution in [0.3, 0.4) is 0 Å². The third kappa shape index (κ3) is 7.40. The van der Waals surface area contributed by atoms with Crippen molar-refractivity contribution in [3.8, 4) is 11.5 Å². The number of ether oxygens (including phenoxy) is 2. The van der Waals surface area contributed by atoms with E-state index in [1.165, 1.54) is 43.3 Å². The lowest BCUT2D eigenvalue weighted by Gasteiger charge is -2.14. The van der Waals surface area contributed by atoms with E-state index < -0.39 is 22.0 Å². The lowest BCUT2D eigenvalue weighted by Crippen LogP contribution is -2.33. The summed E-state index contributed by atoms with van der Waals surface area (Å²) in [5.74, 6) is 0.0585. The molecule has 3 N–H and O–H groups in total. The van der Waals surface area contributed by atoms with E-state index in [9.17, 15) is 23.4 Å². The Morgan fingerprint density at radius 3 is 2.09 bits per heavy atom. The first kappa shape index (κ1) is 26.5. The molecule has 0 saturated carbocycles. The second-order valence-corrected chi connectivity index (χ2v) is 9.78. The molecule has 0 fully saturated rings. The Hall–Kier alpha value is -1.75. The molecule has 2 atom stereocenters. The van der Waals surface area contributed by atoms with Crippen LogP contribution < -0.4 is 14.8 Å². The average Bonchev–Trinajstić information content (AvgIpc) is 2.75. The van der Waals surface area contributed by atoms with Crippen molar-refractivity contribution in [2.75, 3.05) is 25.6 Å². The Morgan fingerprint density at radius 1 is 1.00 bits per heavy atom. The smallest absolute Gasteiger partial charge is 0.216 e. The van der Waals surface area contributed by atoms with Gasteiger partial charge in [0, 0.05) is 13.5 Å². The van der Waals surface area contributed by atoms with Crippen LogP contribution in [0.15, 0.2) is 46.2 Å². The summed E-state index contributed by atoms with van der Waals surface area (Å²) in [5.41, 5.74) is 0. The molecule has 0 spiro atoms. The van der Waals surface area contributed by atoms with Gasteiger partial charge in [-0.15, -0.1) is 11.6 Å². The van der Waals surface area contributed by atoms with E-state index >= 15 is 0 Å². The Balaban J connectivity index is 2.12. The van der Waals surface area contributed by atoms with Gasteiger partial charge in [-0.25, -0.2) is 8.42 Å². The van der Waals surface area contributed by atoms with Crippen molar-refractivity contribution in [2.24, 2.45) is 0 Å². The number of amides is 1. The molecule has 12 heteroatoms. The predicted molar refractivity (Wildman–Crippen MR) is 121 cm³/mol. The number of carbonyl (C=O) groups excluding carboxylic acids is 1. The second-order valence-electron chi connectivity index (χ2n) is 6.71. The summed E-state index contributed by atoms with van der Waals surface area (Å²) in [5, 5.41) is 21.6. The number of rotatable bonds is 11. The Labute approximate surface area is 200 Å². The summed E-state index contributed by atoms with van der Waals surface area (Å²) in [4.78, 5) is 10.7. The summed E-state index contributed by atoms with van der Waals surface area (Å²) in [6.45, 7) is 1.13. The molecule has 0 aliphatic rings. The fourth-order valence-corrected chi connectivity index (χ4v) is 4.54. The highest BCUT2D eigenvalue weighted by Gasteiger charge is 2.22. The molecular weight excluding hydrogens is 505 g/mol. The molecule has 0 aliphatic heterocycles. The number of carbonyl (C=O) groups is 1. The predicted octanol–water partition coefficient (Wildman–Crippen LogP) is 2.68. The Bertz CT molecular complexity index is 1010. The van der Waals surface area contributed by atoms with Crippen LogP contribution in [0.25, 0.3) is 0 Å². The number of aliphatic hydroxyl groups excluding tert-OH is 2. The first-order valence-corrected chi connectivity index (χ1v) is 12.1. The average molecular weight is 527 g/mol. The van der Waals surface area contributed by atoms with Gasteiger partial charge in [-0.2, -0.15) is 0 Å². The number of halogens is 3. The minimum Gasteiger partial charge on any atom is -0.491 e. The first-order valence-electron chi connectivity index (χ1n) is 9.31. The summed E-state index contributed by atoms with van der Waals surface area (Å²) < 4.78 is 36.6. The molecule has 32 heavy (non-hydrogen) atoms. The summed E-state index contributed by atoms with van der Waals surface area (Å²) in [7, 11) is -3.95. The topological polar surface area (TPSA) is 122 Å². The highest BCUT2D eigenvalue weighted by atomic mass is 35.5. The van der Waals surface area contributed by atoms with Crippen molar-refractivity contribution < 1.29 is 32.9 Å². The van der Waals surface area contributed by atoms with Gasteiger partial charge in [0.1, 0.15) is 31.2 Å². The van der Waals surface area contributed by atoms with Crippen LogP contribution in [0.2, 0.25) is 10.0 Å². The van der Waals surface area contributed by atoms with Crippen molar-refractivity contribution in [3.05, 3.63) is 46.4 Å². The van der Waals surface area contributed by atoms with Crippen LogP contribution in [0.5, 0.6) is 11.5 Å². The zero-order valence-electron chi connectivity index (χ0n) is 16.9. The third-order valence-electron chi connectivity index (χ3n) is 4.04. The van der Waals surface area contributed by atoms with Gasteiger partial charge < -0.3 is 25.0 Å². The maximum absolute atomic E-state index is 13.0. The molecule has 0 radical (unpaired) electrons. The van der Waals surface area contributed by atoms with E-state index in [-0.39, 0.29) is 57.1 Å². The van der Waals surface area contributed by atoms with Crippen molar-refractivity contribution in [1.82, 2.24) is 5.32 Å². The lowest BCUT2D eigenvalue weighted by atomic mass is 10.3. The summed E-state index contributed by atoms with van der Waals surface area (Å²) in [6.07, 6.45) is -1.85. The quantitative estimate of drug-likeness (QED) is 0.385. The molecule has 0 aliphatic carbocycles. The van der Waals surface area contributed by atoms with E-state index in [2.05, 4.69) is 5.32 Å². The molecule has 0 unspecified atom stereocenters. The largest absolute Gasteiger partial charge is 0.491 e. The second kappa shape index (κ2) is 11.9. The van der Waals surface area contributed by atoms with E-state index in [0.29, 0.717) is 5.75 Å². The van der Waals surface area contributed by atoms with Crippen molar-refractivity contribution >= 4 is 50.5 Å². The van der Waals surface area contributed by atoms with Gasteiger partial charge in [0.2, 0.25) is 15.7 Å². The number of benzene rings is 2. The van der Waals surface area contributed by atoms with Gasteiger partial charge in [0.25, 0.3) is 0 Å². The fourth-order valence-electron chi connectivity index (χ4n) is 2.42. The molecule has 0 saturated heterocycles. The monoisotopic (exact) mass is 525 g/mol. The number of aliphatic hydroxyl groups is 2. The fraction of sp³-hybridized carbons (Fsp3) is 0.350. The number of hydrogen-bond donors (Lipinski definition) is 3. The Kier molecular flexibility index (Phi) is 9.87.